The van der Waals surface area contributed by atoms with Gasteiger partial charge in [-0.15, -0.1) is 0 Å². The van der Waals surface area contributed by atoms with Crippen LogP contribution in [0.2, 0.25) is 0 Å². The summed E-state index contributed by atoms with van der Waals surface area (Å²) >= 11 is 0. The second kappa shape index (κ2) is 5.76. The number of rotatable bonds is 6. The number of aliphatic hydroxyl groups is 1. The molecule has 94 valence electrons. The largest absolute Gasteiger partial charge is 0.480 e. The number of aliphatic carboxylic acids is 1. The van der Waals surface area contributed by atoms with Crippen LogP contribution in [0.5, 0.6) is 0 Å². The van der Waals surface area contributed by atoms with E-state index in [-0.39, 0.29) is 0 Å². The van der Waals surface area contributed by atoms with E-state index >= 15 is 0 Å². The Bertz CT molecular complexity index is 471. The van der Waals surface area contributed by atoms with Crippen molar-refractivity contribution in [2.75, 3.05) is 12.4 Å². The first-order valence-electron chi connectivity index (χ1n) is 4.82. The molecule has 0 aliphatic rings. The van der Waals surface area contributed by atoms with Crippen LogP contribution in [0, 0.1) is 0 Å². The van der Waals surface area contributed by atoms with Crippen LogP contribution in [0.15, 0.2) is 30.3 Å². The number of carbonyl (C=O) groups is 1. The zero-order valence-corrected chi connectivity index (χ0v) is 9.72. The van der Waals surface area contributed by atoms with Crippen molar-refractivity contribution in [3.8, 4) is 0 Å². The summed E-state index contributed by atoms with van der Waals surface area (Å²) in [5, 5.41) is 17.5. The fraction of sp³-hybridized carbons (Fsp3) is 0.300. The predicted molar refractivity (Wildman–Crippen MR) is 60.8 cm³/mol. The van der Waals surface area contributed by atoms with Gasteiger partial charge in [0.05, 0.1) is 12.6 Å². The monoisotopic (exact) mass is 259 g/mol. The molecule has 0 aliphatic carbocycles. The number of hydrogen-bond acceptors (Lipinski definition) is 4. The maximum atomic E-state index is 11.4. The smallest absolute Gasteiger partial charge is 0.320 e. The summed E-state index contributed by atoms with van der Waals surface area (Å²) in [6, 6.07) is 7.60. The van der Waals surface area contributed by atoms with Gasteiger partial charge >= 0.3 is 5.97 Å². The van der Waals surface area contributed by atoms with Crippen LogP contribution in [0.1, 0.15) is 11.6 Å². The topological polar surface area (TPSA) is 104 Å². The lowest BCUT2D eigenvalue weighted by atomic mass is 10.1. The molecule has 3 N–H and O–H groups in total. The molecule has 0 amide bonds. The van der Waals surface area contributed by atoms with E-state index in [1.54, 1.807) is 30.3 Å². The van der Waals surface area contributed by atoms with E-state index in [9.17, 15) is 13.2 Å². The Morgan fingerprint density at radius 3 is 2.35 bits per heavy atom. The van der Waals surface area contributed by atoms with Crippen molar-refractivity contribution in [2.45, 2.75) is 6.04 Å². The summed E-state index contributed by atoms with van der Waals surface area (Å²) in [4.78, 5) is 10.3. The lowest BCUT2D eigenvalue weighted by Crippen LogP contribution is -2.34. The molecule has 0 aliphatic heterocycles. The van der Waals surface area contributed by atoms with Crippen molar-refractivity contribution in [3.63, 3.8) is 0 Å². The highest BCUT2D eigenvalue weighted by atomic mass is 32.2. The molecule has 0 radical (unpaired) electrons. The molecule has 0 bridgehead atoms. The van der Waals surface area contributed by atoms with Gasteiger partial charge in [0.2, 0.25) is 10.0 Å². The van der Waals surface area contributed by atoms with Gasteiger partial charge in [0.15, 0.2) is 5.75 Å². The lowest BCUT2D eigenvalue weighted by molar-refractivity contribution is -0.134. The summed E-state index contributed by atoms with van der Waals surface area (Å²) in [5.41, 5.74) is 0.573. The van der Waals surface area contributed by atoms with Crippen LogP contribution in [-0.2, 0) is 14.8 Å². The number of benzene rings is 1. The number of nitrogens with one attached hydrogen (secondary N) is 1. The normalized spacial score (nSPS) is 13.2. The zero-order valence-electron chi connectivity index (χ0n) is 8.91. The van der Waals surface area contributed by atoms with Crippen LogP contribution in [0.25, 0.3) is 0 Å². The fourth-order valence-electron chi connectivity index (χ4n) is 1.32. The van der Waals surface area contributed by atoms with Gasteiger partial charge in [0.25, 0.3) is 0 Å². The highest BCUT2D eigenvalue weighted by molar-refractivity contribution is 7.90. The van der Waals surface area contributed by atoms with Gasteiger partial charge in [-0.25, -0.2) is 13.1 Å². The molecule has 0 saturated heterocycles. The lowest BCUT2D eigenvalue weighted by Gasteiger charge is -2.15. The average Bonchev–Trinajstić information content (AvgIpc) is 2.25. The Balaban J connectivity index is 2.81. The Kier molecular flexibility index (Phi) is 4.62. The molecule has 1 aromatic rings. The number of aliphatic hydroxyl groups excluding tert-OH is 1. The number of sulfonamides is 1. The standard InChI is InChI=1S/C10H13NO5S/c12-6-9(8-4-2-1-3-5-8)11-17(15,16)7-10(13)14/h1-5,9,11-12H,6-7H2,(H,13,14)/t9-/m0/s1. The first-order valence-corrected chi connectivity index (χ1v) is 6.47. The van der Waals surface area contributed by atoms with Crippen LogP contribution in [0.3, 0.4) is 0 Å². The van der Waals surface area contributed by atoms with Gasteiger partial charge in [0, 0.05) is 0 Å². The summed E-state index contributed by atoms with van der Waals surface area (Å²) in [6.07, 6.45) is 0. The van der Waals surface area contributed by atoms with E-state index in [1.165, 1.54) is 0 Å². The number of hydrogen-bond donors (Lipinski definition) is 3. The molecule has 0 spiro atoms. The maximum Gasteiger partial charge on any atom is 0.320 e. The van der Waals surface area contributed by atoms with Crippen LogP contribution >= 0.6 is 0 Å². The van der Waals surface area contributed by atoms with E-state index in [4.69, 9.17) is 10.2 Å². The first kappa shape index (κ1) is 13.6. The molecular formula is C10H13NO5S. The molecule has 0 saturated carbocycles. The molecule has 0 heterocycles. The molecule has 7 heteroatoms. The second-order valence-corrected chi connectivity index (χ2v) is 5.17. The third-order valence-corrected chi connectivity index (χ3v) is 3.29. The Labute approximate surface area is 99.0 Å². The molecule has 0 aromatic heterocycles. The quantitative estimate of drug-likeness (QED) is 0.652. The summed E-state index contributed by atoms with van der Waals surface area (Å²) in [7, 11) is -3.95. The molecule has 0 unspecified atom stereocenters. The van der Waals surface area contributed by atoms with E-state index in [0.29, 0.717) is 5.56 Å². The SMILES string of the molecule is O=C(O)CS(=O)(=O)N[C@@H](CO)c1ccccc1. The van der Waals surface area contributed by atoms with Crippen molar-refractivity contribution in [2.24, 2.45) is 0 Å². The molecule has 1 aromatic carbocycles. The molecule has 1 atom stereocenters. The van der Waals surface area contributed by atoms with Gasteiger partial charge in [-0.3, -0.25) is 4.79 Å². The van der Waals surface area contributed by atoms with Gasteiger partial charge < -0.3 is 10.2 Å². The minimum atomic E-state index is -3.95. The Morgan fingerprint density at radius 1 is 1.29 bits per heavy atom. The van der Waals surface area contributed by atoms with Crippen molar-refractivity contribution in [3.05, 3.63) is 35.9 Å². The van der Waals surface area contributed by atoms with Crippen molar-refractivity contribution in [1.29, 1.82) is 0 Å². The van der Waals surface area contributed by atoms with Crippen molar-refractivity contribution < 1.29 is 23.4 Å². The Morgan fingerprint density at radius 2 is 1.88 bits per heavy atom. The minimum absolute atomic E-state index is 0.442. The van der Waals surface area contributed by atoms with Gasteiger partial charge in [0.1, 0.15) is 0 Å². The summed E-state index contributed by atoms with van der Waals surface area (Å²) < 4.78 is 24.9. The molecule has 1 rings (SSSR count). The highest BCUT2D eigenvalue weighted by Crippen LogP contribution is 2.12. The van der Waals surface area contributed by atoms with Crippen molar-refractivity contribution in [1.82, 2.24) is 4.72 Å². The van der Waals surface area contributed by atoms with Crippen LogP contribution < -0.4 is 4.72 Å². The molecular weight excluding hydrogens is 246 g/mol. The van der Waals surface area contributed by atoms with Gasteiger partial charge in [-0.1, -0.05) is 30.3 Å². The summed E-state index contributed by atoms with van der Waals surface area (Å²) in [6.45, 7) is -0.442. The third kappa shape index (κ3) is 4.51. The van der Waals surface area contributed by atoms with E-state index < -0.39 is 34.4 Å². The number of carboxylic acid groups (broad SMARTS) is 1. The molecule has 0 fully saturated rings. The average molecular weight is 259 g/mol. The van der Waals surface area contributed by atoms with E-state index in [1.807, 2.05) is 0 Å². The first-order chi connectivity index (χ1) is 7.94. The van der Waals surface area contributed by atoms with Crippen LogP contribution in [0.4, 0.5) is 0 Å². The number of carboxylic acids is 1. The minimum Gasteiger partial charge on any atom is -0.480 e. The van der Waals surface area contributed by atoms with E-state index in [2.05, 4.69) is 4.72 Å². The molecule has 17 heavy (non-hydrogen) atoms. The Hall–Kier alpha value is -1.44. The van der Waals surface area contributed by atoms with E-state index in [0.717, 1.165) is 0 Å². The fourth-order valence-corrected chi connectivity index (χ4v) is 2.37. The molecule has 6 nitrogen and oxygen atoms in total. The predicted octanol–water partition coefficient (Wildman–Crippen LogP) is -0.276. The highest BCUT2D eigenvalue weighted by Gasteiger charge is 2.21. The maximum absolute atomic E-state index is 11.4. The second-order valence-electron chi connectivity index (χ2n) is 3.42. The van der Waals surface area contributed by atoms with Crippen molar-refractivity contribution >= 4 is 16.0 Å². The summed E-state index contributed by atoms with van der Waals surface area (Å²) in [5.74, 6) is -2.46. The third-order valence-electron chi connectivity index (χ3n) is 2.02. The van der Waals surface area contributed by atoms with Gasteiger partial charge in [-0.05, 0) is 5.56 Å². The van der Waals surface area contributed by atoms with Gasteiger partial charge in [-0.2, -0.15) is 0 Å². The van der Waals surface area contributed by atoms with Crippen LogP contribution in [-0.4, -0.2) is 37.0 Å². The zero-order chi connectivity index (χ0) is 12.9.